The van der Waals surface area contributed by atoms with Crippen molar-refractivity contribution in [2.24, 2.45) is 0 Å². The molecule has 0 N–H and O–H groups in total. The highest BCUT2D eigenvalue weighted by Gasteiger charge is 2.31. The van der Waals surface area contributed by atoms with Gasteiger partial charge in [-0.1, -0.05) is 24.8 Å². The molecule has 0 aliphatic rings. The van der Waals surface area contributed by atoms with Gasteiger partial charge in [-0.2, -0.15) is 5.26 Å². The fraction of sp³-hybridized carbons (Fsp3) is 0.188. The number of allylic oxidation sites excluding steroid dienone is 5. The fourth-order valence-electron chi connectivity index (χ4n) is 1.57. The first-order chi connectivity index (χ1) is 9.76. The summed E-state index contributed by atoms with van der Waals surface area (Å²) in [6.45, 7) is 7.08. The van der Waals surface area contributed by atoms with Gasteiger partial charge in [0.05, 0.1) is 6.07 Å². The standard InChI is InChI=1S/C16H14F3NO/c1-4-13(10-20)6-5-11(2)14-7-8-15(12(3)9-14)21-16(17,18)19/h4-9H,2H2,1,3H3/b6-5-,13-4+. The zero-order valence-electron chi connectivity index (χ0n) is 11.7. The van der Waals surface area contributed by atoms with Crippen LogP contribution in [0.5, 0.6) is 5.75 Å². The van der Waals surface area contributed by atoms with Crippen molar-refractivity contribution >= 4 is 5.57 Å². The van der Waals surface area contributed by atoms with Gasteiger partial charge in [-0.05, 0) is 48.8 Å². The minimum atomic E-state index is -4.71. The molecular formula is C16H14F3NO. The molecule has 1 aromatic rings. The third-order valence-corrected chi connectivity index (χ3v) is 2.68. The summed E-state index contributed by atoms with van der Waals surface area (Å²) in [7, 11) is 0. The number of aryl methyl sites for hydroxylation is 1. The number of ether oxygens (including phenoxy) is 1. The highest BCUT2D eigenvalue weighted by molar-refractivity contribution is 5.73. The third-order valence-electron chi connectivity index (χ3n) is 2.68. The van der Waals surface area contributed by atoms with E-state index in [1.807, 2.05) is 6.07 Å². The van der Waals surface area contributed by atoms with E-state index in [-0.39, 0.29) is 5.75 Å². The van der Waals surface area contributed by atoms with Crippen LogP contribution in [0.4, 0.5) is 13.2 Å². The van der Waals surface area contributed by atoms with Crippen LogP contribution in [0, 0.1) is 18.3 Å². The van der Waals surface area contributed by atoms with E-state index < -0.39 is 6.36 Å². The van der Waals surface area contributed by atoms with Gasteiger partial charge in [0.15, 0.2) is 0 Å². The smallest absolute Gasteiger partial charge is 0.406 e. The van der Waals surface area contributed by atoms with E-state index in [0.717, 1.165) is 0 Å². The van der Waals surface area contributed by atoms with Crippen molar-refractivity contribution in [3.63, 3.8) is 0 Å². The molecule has 0 aliphatic heterocycles. The molecule has 5 heteroatoms. The van der Waals surface area contributed by atoms with Crippen molar-refractivity contribution in [2.75, 3.05) is 0 Å². The average molecular weight is 293 g/mol. The molecule has 0 unspecified atom stereocenters. The third kappa shape index (κ3) is 5.19. The Balaban J connectivity index is 2.94. The van der Waals surface area contributed by atoms with Crippen LogP contribution in [0.1, 0.15) is 18.1 Å². The van der Waals surface area contributed by atoms with Crippen LogP contribution in [-0.4, -0.2) is 6.36 Å². The first-order valence-electron chi connectivity index (χ1n) is 6.07. The zero-order chi connectivity index (χ0) is 16.0. The Morgan fingerprint density at radius 3 is 2.48 bits per heavy atom. The highest BCUT2D eigenvalue weighted by Crippen LogP contribution is 2.28. The fourth-order valence-corrected chi connectivity index (χ4v) is 1.57. The minimum absolute atomic E-state index is 0.241. The summed E-state index contributed by atoms with van der Waals surface area (Å²) >= 11 is 0. The van der Waals surface area contributed by atoms with Gasteiger partial charge in [0, 0.05) is 5.57 Å². The van der Waals surface area contributed by atoms with E-state index in [1.165, 1.54) is 19.1 Å². The molecule has 1 rings (SSSR count). The first-order valence-corrected chi connectivity index (χ1v) is 6.07. The molecule has 0 bridgehead atoms. The number of benzene rings is 1. The van der Waals surface area contributed by atoms with Crippen molar-refractivity contribution < 1.29 is 17.9 Å². The van der Waals surface area contributed by atoms with Gasteiger partial charge >= 0.3 is 6.36 Å². The second kappa shape index (κ2) is 6.80. The van der Waals surface area contributed by atoms with E-state index in [1.54, 1.807) is 31.2 Å². The van der Waals surface area contributed by atoms with Gasteiger partial charge in [0.2, 0.25) is 0 Å². The Hall–Kier alpha value is -2.48. The number of hydrogen-bond acceptors (Lipinski definition) is 2. The van der Waals surface area contributed by atoms with E-state index in [0.29, 0.717) is 22.3 Å². The number of rotatable bonds is 4. The Kier molecular flexibility index (Phi) is 5.37. The molecule has 0 amide bonds. The molecule has 0 saturated heterocycles. The van der Waals surface area contributed by atoms with Gasteiger partial charge in [-0.15, -0.1) is 13.2 Å². The molecule has 2 nitrogen and oxygen atoms in total. The van der Waals surface area contributed by atoms with Gasteiger partial charge in [-0.25, -0.2) is 0 Å². The Morgan fingerprint density at radius 2 is 2.00 bits per heavy atom. The lowest BCUT2D eigenvalue weighted by Gasteiger charge is -2.12. The molecule has 0 heterocycles. The molecule has 21 heavy (non-hydrogen) atoms. The van der Waals surface area contributed by atoms with Crippen LogP contribution in [0.2, 0.25) is 0 Å². The summed E-state index contributed by atoms with van der Waals surface area (Å²) in [5, 5.41) is 8.78. The second-order valence-electron chi connectivity index (χ2n) is 4.24. The van der Waals surface area contributed by atoms with Gasteiger partial charge in [0.1, 0.15) is 5.75 Å². The zero-order valence-corrected chi connectivity index (χ0v) is 11.7. The molecule has 0 aliphatic carbocycles. The maximum atomic E-state index is 12.2. The van der Waals surface area contributed by atoms with Crippen LogP contribution in [0.3, 0.4) is 0 Å². The maximum Gasteiger partial charge on any atom is 0.573 e. The number of halogens is 3. The summed E-state index contributed by atoms with van der Waals surface area (Å²) < 4.78 is 40.4. The second-order valence-corrected chi connectivity index (χ2v) is 4.24. The topological polar surface area (TPSA) is 33.0 Å². The Bertz CT molecular complexity index is 634. The lowest BCUT2D eigenvalue weighted by Crippen LogP contribution is -2.17. The van der Waals surface area contributed by atoms with E-state index in [4.69, 9.17) is 5.26 Å². The van der Waals surface area contributed by atoms with Crippen molar-refractivity contribution in [1.29, 1.82) is 5.26 Å². The molecule has 0 aromatic heterocycles. The minimum Gasteiger partial charge on any atom is -0.406 e. The summed E-state index contributed by atoms with van der Waals surface area (Å²) in [6, 6.07) is 6.28. The summed E-state index contributed by atoms with van der Waals surface area (Å²) in [4.78, 5) is 0. The molecule has 0 saturated carbocycles. The molecular weight excluding hydrogens is 279 g/mol. The summed E-state index contributed by atoms with van der Waals surface area (Å²) in [5.41, 5.74) is 2.08. The monoisotopic (exact) mass is 293 g/mol. The number of hydrogen-bond donors (Lipinski definition) is 0. The van der Waals surface area contributed by atoms with E-state index in [2.05, 4.69) is 11.3 Å². The predicted octanol–water partition coefficient (Wildman–Crippen LogP) is 4.93. The molecule has 0 radical (unpaired) electrons. The van der Waals surface area contributed by atoms with Crippen LogP contribution in [-0.2, 0) is 0 Å². The summed E-state index contributed by atoms with van der Waals surface area (Å²) in [6.07, 6.45) is 0.168. The van der Waals surface area contributed by atoms with Crippen molar-refractivity contribution in [3.8, 4) is 11.8 Å². The van der Waals surface area contributed by atoms with Gasteiger partial charge < -0.3 is 4.74 Å². The van der Waals surface area contributed by atoms with Crippen LogP contribution in [0.15, 0.2) is 48.6 Å². The highest BCUT2D eigenvalue weighted by atomic mass is 19.4. The molecule has 0 spiro atoms. The number of nitriles is 1. The molecule has 0 atom stereocenters. The van der Waals surface area contributed by atoms with Crippen LogP contribution < -0.4 is 4.74 Å². The summed E-state index contributed by atoms with van der Waals surface area (Å²) in [5.74, 6) is -0.241. The SMILES string of the molecule is C=C(/C=C\C(C#N)=C/C)c1ccc(OC(F)(F)F)c(C)c1. The van der Waals surface area contributed by atoms with Gasteiger partial charge in [-0.3, -0.25) is 0 Å². The normalized spacial score (nSPS) is 12.3. The maximum absolute atomic E-state index is 12.2. The van der Waals surface area contributed by atoms with Crippen LogP contribution >= 0.6 is 0 Å². The molecule has 1 aromatic carbocycles. The van der Waals surface area contributed by atoms with Gasteiger partial charge in [0.25, 0.3) is 0 Å². The average Bonchev–Trinajstić information content (AvgIpc) is 2.40. The largest absolute Gasteiger partial charge is 0.573 e. The predicted molar refractivity (Wildman–Crippen MR) is 75.4 cm³/mol. The van der Waals surface area contributed by atoms with Crippen molar-refractivity contribution in [1.82, 2.24) is 0 Å². The van der Waals surface area contributed by atoms with Crippen molar-refractivity contribution in [2.45, 2.75) is 20.2 Å². The lowest BCUT2D eigenvalue weighted by molar-refractivity contribution is -0.274. The lowest BCUT2D eigenvalue weighted by atomic mass is 10.0. The van der Waals surface area contributed by atoms with Crippen molar-refractivity contribution in [3.05, 3.63) is 59.7 Å². The van der Waals surface area contributed by atoms with E-state index >= 15 is 0 Å². The Labute approximate surface area is 121 Å². The first kappa shape index (κ1) is 16.6. The number of nitrogens with zero attached hydrogens (tertiary/aromatic N) is 1. The number of alkyl halides is 3. The molecule has 110 valence electrons. The van der Waals surface area contributed by atoms with Crippen LogP contribution in [0.25, 0.3) is 5.57 Å². The van der Waals surface area contributed by atoms with E-state index in [9.17, 15) is 13.2 Å². The quantitative estimate of drug-likeness (QED) is 0.582. The molecule has 0 fully saturated rings. The Morgan fingerprint density at radius 1 is 1.33 bits per heavy atom.